The van der Waals surface area contributed by atoms with Crippen molar-refractivity contribution >= 4 is 6.08 Å². The average Bonchev–Trinajstić information content (AvgIpc) is 2.19. The van der Waals surface area contributed by atoms with Crippen LogP contribution >= 0.6 is 0 Å². The first-order chi connectivity index (χ1) is 6.36. The molecule has 0 amide bonds. The molecular formula is C12H15N. The fraction of sp³-hybridized carbons (Fsp3) is 0.167. The van der Waals surface area contributed by atoms with Crippen LogP contribution in [-0.4, -0.2) is 7.05 Å². The van der Waals surface area contributed by atoms with Crippen LogP contribution in [0.25, 0.3) is 6.08 Å². The fourth-order valence-electron chi connectivity index (χ4n) is 1.11. The topological polar surface area (TPSA) is 12.0 Å². The van der Waals surface area contributed by atoms with Gasteiger partial charge in [-0.3, -0.25) is 0 Å². The van der Waals surface area contributed by atoms with Gasteiger partial charge in [0.05, 0.1) is 0 Å². The highest BCUT2D eigenvalue weighted by Crippen LogP contribution is 2.04. The van der Waals surface area contributed by atoms with Crippen LogP contribution in [0, 0.1) is 0 Å². The molecule has 0 aromatic heterocycles. The van der Waals surface area contributed by atoms with Gasteiger partial charge in [0.1, 0.15) is 0 Å². The van der Waals surface area contributed by atoms with E-state index in [1.165, 1.54) is 5.56 Å². The molecule has 0 heterocycles. The molecular weight excluding hydrogens is 158 g/mol. The van der Waals surface area contributed by atoms with Crippen molar-refractivity contribution in [2.24, 2.45) is 0 Å². The Morgan fingerprint density at radius 3 is 2.46 bits per heavy atom. The van der Waals surface area contributed by atoms with Gasteiger partial charge in [0.15, 0.2) is 0 Å². The third-order valence-electron chi connectivity index (χ3n) is 1.76. The standard InChI is InChI=1S/C12H15N/c1-3-7-12(13-2)10-11-8-5-4-6-9-11/h3-10,13H,1-2H3/b7-3-,12-10+. The van der Waals surface area contributed by atoms with E-state index in [9.17, 15) is 0 Å². The number of likely N-dealkylation sites (N-methyl/N-ethyl adjacent to an activating group) is 1. The molecule has 1 rings (SSSR count). The van der Waals surface area contributed by atoms with E-state index in [1.807, 2.05) is 44.3 Å². The Bertz CT molecular complexity index is 296. The van der Waals surface area contributed by atoms with Crippen molar-refractivity contribution in [3.8, 4) is 0 Å². The van der Waals surface area contributed by atoms with Crippen LogP contribution in [0.3, 0.4) is 0 Å². The summed E-state index contributed by atoms with van der Waals surface area (Å²) in [5.41, 5.74) is 2.33. The van der Waals surface area contributed by atoms with E-state index in [0.29, 0.717) is 0 Å². The minimum atomic E-state index is 1.12. The van der Waals surface area contributed by atoms with E-state index in [1.54, 1.807) is 0 Å². The SMILES string of the molecule is C/C=C\C(=C/c1ccccc1)NC. The molecule has 1 aromatic carbocycles. The summed E-state index contributed by atoms with van der Waals surface area (Å²) in [5, 5.41) is 3.13. The van der Waals surface area contributed by atoms with Gasteiger partial charge in [-0.1, -0.05) is 36.4 Å². The summed E-state index contributed by atoms with van der Waals surface area (Å²) in [4.78, 5) is 0. The third kappa shape index (κ3) is 3.16. The highest BCUT2D eigenvalue weighted by molar-refractivity contribution is 5.54. The molecule has 1 heteroatoms. The Kier molecular flexibility index (Phi) is 3.83. The molecule has 1 aromatic rings. The first-order valence-corrected chi connectivity index (χ1v) is 4.44. The average molecular weight is 173 g/mol. The number of allylic oxidation sites excluding steroid dienone is 2. The number of rotatable bonds is 3. The number of benzene rings is 1. The molecule has 0 fully saturated rings. The van der Waals surface area contributed by atoms with Crippen molar-refractivity contribution in [2.75, 3.05) is 7.05 Å². The molecule has 0 aliphatic heterocycles. The van der Waals surface area contributed by atoms with Gasteiger partial charge in [-0.15, -0.1) is 0 Å². The number of nitrogens with one attached hydrogen (secondary N) is 1. The Balaban J connectivity index is 2.85. The lowest BCUT2D eigenvalue weighted by Gasteiger charge is -2.00. The summed E-state index contributed by atoms with van der Waals surface area (Å²) in [5.74, 6) is 0. The van der Waals surface area contributed by atoms with Crippen LogP contribution < -0.4 is 5.32 Å². The molecule has 0 saturated heterocycles. The van der Waals surface area contributed by atoms with Crippen LogP contribution in [0.4, 0.5) is 0 Å². The van der Waals surface area contributed by atoms with Crippen molar-refractivity contribution in [3.63, 3.8) is 0 Å². The monoisotopic (exact) mass is 173 g/mol. The zero-order valence-electron chi connectivity index (χ0n) is 8.12. The van der Waals surface area contributed by atoms with E-state index < -0.39 is 0 Å². The summed E-state index contributed by atoms with van der Waals surface area (Å²) in [6.45, 7) is 2.01. The Morgan fingerprint density at radius 1 is 1.23 bits per heavy atom. The predicted molar refractivity (Wildman–Crippen MR) is 58.3 cm³/mol. The highest BCUT2D eigenvalue weighted by atomic mass is 14.8. The molecule has 0 saturated carbocycles. The minimum absolute atomic E-state index is 1.12. The summed E-state index contributed by atoms with van der Waals surface area (Å²) in [6, 6.07) is 10.3. The van der Waals surface area contributed by atoms with Gasteiger partial charge in [-0.05, 0) is 24.6 Å². The largest absolute Gasteiger partial charge is 0.388 e. The number of hydrogen-bond acceptors (Lipinski definition) is 1. The zero-order valence-corrected chi connectivity index (χ0v) is 8.12. The quantitative estimate of drug-likeness (QED) is 0.693. The van der Waals surface area contributed by atoms with Gasteiger partial charge in [0.2, 0.25) is 0 Å². The van der Waals surface area contributed by atoms with E-state index in [-0.39, 0.29) is 0 Å². The molecule has 1 N–H and O–H groups in total. The molecule has 0 bridgehead atoms. The zero-order chi connectivity index (χ0) is 9.52. The van der Waals surface area contributed by atoms with E-state index in [4.69, 9.17) is 0 Å². The molecule has 0 unspecified atom stereocenters. The van der Waals surface area contributed by atoms with Crippen LogP contribution in [0.1, 0.15) is 12.5 Å². The van der Waals surface area contributed by atoms with Crippen LogP contribution in [0.5, 0.6) is 0 Å². The maximum Gasteiger partial charge on any atom is 0.0340 e. The molecule has 0 radical (unpaired) electrons. The lowest BCUT2D eigenvalue weighted by molar-refractivity contribution is 1.04. The smallest absolute Gasteiger partial charge is 0.0340 e. The van der Waals surface area contributed by atoms with E-state index >= 15 is 0 Å². The summed E-state index contributed by atoms with van der Waals surface area (Å²) < 4.78 is 0. The lowest BCUT2D eigenvalue weighted by atomic mass is 10.2. The second-order valence-corrected chi connectivity index (χ2v) is 2.76. The first-order valence-electron chi connectivity index (χ1n) is 4.44. The van der Waals surface area contributed by atoms with Crippen molar-refractivity contribution < 1.29 is 0 Å². The summed E-state index contributed by atoms with van der Waals surface area (Å²) in [6.07, 6.45) is 6.18. The maximum absolute atomic E-state index is 3.13. The Hall–Kier alpha value is -1.50. The Morgan fingerprint density at radius 2 is 1.92 bits per heavy atom. The van der Waals surface area contributed by atoms with Crippen molar-refractivity contribution in [2.45, 2.75) is 6.92 Å². The maximum atomic E-state index is 3.13. The molecule has 13 heavy (non-hydrogen) atoms. The minimum Gasteiger partial charge on any atom is -0.388 e. The van der Waals surface area contributed by atoms with Crippen LogP contribution in [-0.2, 0) is 0 Å². The van der Waals surface area contributed by atoms with E-state index in [0.717, 1.165) is 5.70 Å². The molecule has 68 valence electrons. The van der Waals surface area contributed by atoms with Crippen LogP contribution in [0.2, 0.25) is 0 Å². The lowest BCUT2D eigenvalue weighted by Crippen LogP contribution is -2.02. The molecule has 0 aliphatic rings. The van der Waals surface area contributed by atoms with Gasteiger partial charge in [0, 0.05) is 12.7 Å². The van der Waals surface area contributed by atoms with E-state index in [2.05, 4.69) is 23.5 Å². The third-order valence-corrected chi connectivity index (χ3v) is 1.76. The van der Waals surface area contributed by atoms with Crippen molar-refractivity contribution in [1.29, 1.82) is 0 Å². The molecule has 0 atom stereocenters. The predicted octanol–water partition coefficient (Wildman–Crippen LogP) is 2.82. The molecule has 0 aliphatic carbocycles. The van der Waals surface area contributed by atoms with Gasteiger partial charge in [0.25, 0.3) is 0 Å². The van der Waals surface area contributed by atoms with Gasteiger partial charge in [-0.25, -0.2) is 0 Å². The van der Waals surface area contributed by atoms with Gasteiger partial charge >= 0.3 is 0 Å². The normalized spacial score (nSPS) is 12.0. The fourth-order valence-corrected chi connectivity index (χ4v) is 1.11. The van der Waals surface area contributed by atoms with Gasteiger partial charge in [-0.2, -0.15) is 0 Å². The second kappa shape index (κ2) is 5.20. The van der Waals surface area contributed by atoms with Crippen molar-refractivity contribution in [3.05, 3.63) is 53.7 Å². The molecule has 1 nitrogen and oxygen atoms in total. The molecule has 0 spiro atoms. The summed E-state index contributed by atoms with van der Waals surface area (Å²) in [7, 11) is 1.93. The Labute approximate surface area is 79.8 Å². The summed E-state index contributed by atoms with van der Waals surface area (Å²) >= 11 is 0. The number of hydrogen-bond donors (Lipinski definition) is 1. The van der Waals surface area contributed by atoms with Crippen molar-refractivity contribution in [1.82, 2.24) is 5.32 Å². The van der Waals surface area contributed by atoms with Gasteiger partial charge < -0.3 is 5.32 Å². The highest BCUT2D eigenvalue weighted by Gasteiger charge is 1.87. The first kappa shape index (κ1) is 9.59. The second-order valence-electron chi connectivity index (χ2n) is 2.76. The van der Waals surface area contributed by atoms with Crippen LogP contribution in [0.15, 0.2) is 48.2 Å².